The van der Waals surface area contributed by atoms with Gasteiger partial charge in [0.2, 0.25) is 5.91 Å². The van der Waals surface area contributed by atoms with Crippen molar-refractivity contribution in [3.63, 3.8) is 0 Å². The molecular weight excluding hydrogens is 340 g/mol. The molecule has 0 saturated heterocycles. The minimum atomic E-state index is -0.410. The number of nitrogen functional groups attached to an aromatic ring is 1. The molecule has 0 atom stereocenters. The molecule has 0 saturated carbocycles. The number of benzene rings is 2. The Kier molecular flexibility index (Phi) is 4.30. The Morgan fingerprint density at radius 2 is 1.81 bits per heavy atom. The van der Waals surface area contributed by atoms with Gasteiger partial charge in [0.25, 0.3) is 0 Å². The molecule has 1 amide bonds. The number of pyridine rings is 1. The van der Waals surface area contributed by atoms with E-state index in [1.54, 1.807) is 12.3 Å². The SMILES string of the molecule is NC(=O)c1ccccc1CCc1cc(-c2ccc3c(N)noc3c2)ccn1. The number of nitrogens with two attached hydrogens (primary N) is 2. The molecule has 2 aromatic carbocycles. The van der Waals surface area contributed by atoms with E-state index in [4.69, 9.17) is 16.0 Å². The number of amides is 1. The average Bonchev–Trinajstić information content (AvgIpc) is 3.07. The van der Waals surface area contributed by atoms with Crippen LogP contribution in [0.2, 0.25) is 0 Å². The number of anilines is 1. The Labute approximate surface area is 155 Å². The third-order valence-electron chi connectivity index (χ3n) is 4.58. The summed E-state index contributed by atoms with van der Waals surface area (Å²) in [4.78, 5) is 16.0. The number of carbonyl (C=O) groups is 1. The van der Waals surface area contributed by atoms with Crippen molar-refractivity contribution in [2.45, 2.75) is 12.8 Å². The molecule has 2 aromatic heterocycles. The summed E-state index contributed by atoms with van der Waals surface area (Å²) in [7, 11) is 0. The second-order valence-corrected chi connectivity index (χ2v) is 6.34. The fourth-order valence-electron chi connectivity index (χ4n) is 3.17. The number of fused-ring (bicyclic) bond motifs is 1. The number of nitrogens with zero attached hydrogens (tertiary/aromatic N) is 2. The van der Waals surface area contributed by atoms with Gasteiger partial charge in [-0.25, -0.2) is 0 Å². The number of carbonyl (C=O) groups excluding carboxylic acids is 1. The molecule has 0 aliphatic rings. The van der Waals surface area contributed by atoms with E-state index in [2.05, 4.69) is 10.1 Å². The Morgan fingerprint density at radius 3 is 2.67 bits per heavy atom. The first kappa shape index (κ1) is 16.8. The van der Waals surface area contributed by atoms with E-state index in [0.29, 0.717) is 29.8 Å². The molecule has 0 spiro atoms. The number of primary amides is 1. The second kappa shape index (κ2) is 6.92. The zero-order valence-corrected chi connectivity index (χ0v) is 14.6. The van der Waals surface area contributed by atoms with Crippen LogP contribution >= 0.6 is 0 Å². The minimum Gasteiger partial charge on any atom is -0.380 e. The molecule has 134 valence electrons. The molecule has 4 aromatic rings. The normalized spacial score (nSPS) is 11.0. The smallest absolute Gasteiger partial charge is 0.248 e. The molecular formula is C21H18N4O2. The minimum absolute atomic E-state index is 0.389. The summed E-state index contributed by atoms with van der Waals surface area (Å²) in [5.41, 5.74) is 16.3. The topological polar surface area (TPSA) is 108 Å². The Bertz CT molecular complexity index is 1130. The van der Waals surface area contributed by atoms with Gasteiger partial charge in [-0.05, 0) is 59.9 Å². The first-order valence-electron chi connectivity index (χ1n) is 8.60. The Hall–Kier alpha value is -3.67. The van der Waals surface area contributed by atoms with Gasteiger partial charge in [0.1, 0.15) is 0 Å². The molecule has 0 aliphatic carbocycles. The largest absolute Gasteiger partial charge is 0.380 e. The van der Waals surface area contributed by atoms with Gasteiger partial charge in [-0.15, -0.1) is 0 Å². The van der Waals surface area contributed by atoms with E-state index in [1.807, 2.05) is 48.5 Å². The molecule has 0 unspecified atom stereocenters. The molecule has 0 bridgehead atoms. The lowest BCUT2D eigenvalue weighted by atomic mass is 9.99. The van der Waals surface area contributed by atoms with Crippen molar-refractivity contribution in [3.05, 3.63) is 77.6 Å². The first-order chi connectivity index (χ1) is 13.1. The highest BCUT2D eigenvalue weighted by atomic mass is 16.5. The van der Waals surface area contributed by atoms with E-state index >= 15 is 0 Å². The van der Waals surface area contributed by atoms with Crippen molar-refractivity contribution < 1.29 is 9.32 Å². The van der Waals surface area contributed by atoms with Crippen LogP contribution in [0.15, 0.2) is 65.3 Å². The highest BCUT2D eigenvalue weighted by molar-refractivity contribution is 5.94. The van der Waals surface area contributed by atoms with Crippen molar-refractivity contribution in [2.24, 2.45) is 5.73 Å². The molecule has 6 nitrogen and oxygen atoms in total. The summed E-state index contributed by atoms with van der Waals surface area (Å²) in [5, 5.41) is 4.59. The summed E-state index contributed by atoms with van der Waals surface area (Å²) < 4.78 is 5.25. The fourth-order valence-corrected chi connectivity index (χ4v) is 3.17. The van der Waals surface area contributed by atoms with Crippen molar-refractivity contribution in [3.8, 4) is 11.1 Å². The first-order valence-corrected chi connectivity index (χ1v) is 8.60. The Morgan fingerprint density at radius 1 is 1.00 bits per heavy atom. The van der Waals surface area contributed by atoms with Crippen LogP contribution < -0.4 is 11.5 Å². The summed E-state index contributed by atoms with van der Waals surface area (Å²) in [6.07, 6.45) is 3.17. The van der Waals surface area contributed by atoms with Gasteiger partial charge < -0.3 is 16.0 Å². The summed E-state index contributed by atoms with van der Waals surface area (Å²) in [6.45, 7) is 0. The third kappa shape index (κ3) is 3.37. The molecule has 0 radical (unpaired) electrons. The van der Waals surface area contributed by atoms with E-state index in [9.17, 15) is 4.79 Å². The lowest BCUT2D eigenvalue weighted by Gasteiger charge is -2.08. The number of hydrogen-bond acceptors (Lipinski definition) is 5. The third-order valence-corrected chi connectivity index (χ3v) is 4.58. The lowest BCUT2D eigenvalue weighted by molar-refractivity contribution is 0.0999. The van der Waals surface area contributed by atoms with Gasteiger partial charge in [0.15, 0.2) is 11.4 Å². The van der Waals surface area contributed by atoms with Gasteiger partial charge in [-0.1, -0.05) is 29.4 Å². The van der Waals surface area contributed by atoms with Crippen LogP contribution in [0.25, 0.3) is 22.1 Å². The van der Waals surface area contributed by atoms with Crippen LogP contribution in [-0.4, -0.2) is 16.0 Å². The zero-order chi connectivity index (χ0) is 18.8. The molecule has 0 fully saturated rings. The number of rotatable bonds is 5. The van der Waals surface area contributed by atoms with Crippen LogP contribution in [-0.2, 0) is 12.8 Å². The average molecular weight is 358 g/mol. The maximum atomic E-state index is 11.6. The quantitative estimate of drug-likeness (QED) is 0.569. The highest BCUT2D eigenvalue weighted by Crippen LogP contribution is 2.27. The second-order valence-electron chi connectivity index (χ2n) is 6.34. The van der Waals surface area contributed by atoms with Gasteiger partial charge in [0, 0.05) is 17.5 Å². The van der Waals surface area contributed by atoms with Gasteiger partial charge >= 0.3 is 0 Å². The highest BCUT2D eigenvalue weighted by Gasteiger charge is 2.10. The van der Waals surface area contributed by atoms with Gasteiger partial charge in [0.05, 0.1) is 5.39 Å². The van der Waals surface area contributed by atoms with Crippen LogP contribution in [0.1, 0.15) is 21.6 Å². The van der Waals surface area contributed by atoms with Crippen molar-refractivity contribution in [1.29, 1.82) is 0 Å². The molecule has 4 N–H and O–H groups in total. The van der Waals surface area contributed by atoms with E-state index in [-0.39, 0.29) is 0 Å². The van der Waals surface area contributed by atoms with E-state index in [1.165, 1.54) is 0 Å². The van der Waals surface area contributed by atoms with Gasteiger partial charge in [-0.3, -0.25) is 9.78 Å². The molecule has 6 heteroatoms. The van der Waals surface area contributed by atoms with Crippen LogP contribution in [0, 0.1) is 0 Å². The molecule has 27 heavy (non-hydrogen) atoms. The van der Waals surface area contributed by atoms with Crippen molar-refractivity contribution in [1.82, 2.24) is 10.1 Å². The van der Waals surface area contributed by atoms with Crippen LogP contribution in [0.4, 0.5) is 5.82 Å². The standard InChI is InChI=1S/C21H18N4O2/c22-20-18-8-6-14(12-19(18)27-25-20)15-9-10-24-16(11-15)7-5-13-3-1-2-4-17(13)21(23)26/h1-4,6,8-12H,5,7H2,(H2,22,25)(H2,23,26). The zero-order valence-electron chi connectivity index (χ0n) is 14.6. The maximum Gasteiger partial charge on any atom is 0.248 e. The predicted octanol–water partition coefficient (Wildman–Crippen LogP) is 3.36. The van der Waals surface area contributed by atoms with Crippen molar-refractivity contribution in [2.75, 3.05) is 5.73 Å². The summed E-state index contributed by atoms with van der Waals surface area (Å²) in [5.74, 6) is -0.0213. The maximum absolute atomic E-state index is 11.6. The van der Waals surface area contributed by atoms with Crippen LogP contribution in [0.5, 0.6) is 0 Å². The van der Waals surface area contributed by atoms with E-state index < -0.39 is 5.91 Å². The molecule has 0 aliphatic heterocycles. The summed E-state index contributed by atoms with van der Waals surface area (Å²) >= 11 is 0. The predicted molar refractivity (Wildman–Crippen MR) is 104 cm³/mol. The van der Waals surface area contributed by atoms with Crippen molar-refractivity contribution >= 4 is 22.7 Å². The molecule has 4 rings (SSSR count). The number of aromatic nitrogens is 2. The lowest BCUT2D eigenvalue weighted by Crippen LogP contribution is -2.14. The number of hydrogen-bond donors (Lipinski definition) is 2. The fraction of sp³-hybridized carbons (Fsp3) is 0.0952. The summed E-state index contributed by atoms with van der Waals surface area (Å²) in [6, 6.07) is 17.2. The molecule has 2 heterocycles. The monoisotopic (exact) mass is 358 g/mol. The van der Waals surface area contributed by atoms with Crippen LogP contribution in [0.3, 0.4) is 0 Å². The number of aryl methyl sites for hydroxylation is 2. The Balaban J connectivity index is 1.58. The van der Waals surface area contributed by atoms with Gasteiger partial charge in [-0.2, -0.15) is 0 Å². The van der Waals surface area contributed by atoms with E-state index in [0.717, 1.165) is 27.8 Å².